The van der Waals surface area contributed by atoms with Gasteiger partial charge < -0.3 is 4.90 Å². The minimum absolute atomic E-state index is 0.212. The first-order chi connectivity index (χ1) is 9.67. The summed E-state index contributed by atoms with van der Waals surface area (Å²) >= 11 is 1.77. The van der Waals surface area contributed by atoms with Crippen LogP contribution in [0.5, 0.6) is 0 Å². The number of thioether (sulfide) groups is 1. The van der Waals surface area contributed by atoms with E-state index in [0.29, 0.717) is 11.9 Å². The standard InChI is InChI=1S/C16H22N2OS/c1-17-14-6-5-13(16(17)19)10-18(11-14)9-12-3-7-15(20-2)8-4-12/h3-4,7-8,13-14H,5-6,9-11H2,1-2H3/t13-,14+/m0/s1. The highest BCUT2D eigenvalue weighted by Gasteiger charge is 2.38. The summed E-state index contributed by atoms with van der Waals surface area (Å²) in [4.78, 5) is 17.9. The average molecular weight is 290 g/mol. The fraction of sp³-hybridized carbons (Fsp3) is 0.562. The molecular formula is C16H22N2OS. The summed E-state index contributed by atoms with van der Waals surface area (Å²) in [6.07, 6.45) is 4.33. The summed E-state index contributed by atoms with van der Waals surface area (Å²) < 4.78 is 0. The number of fused-ring (bicyclic) bond motifs is 4. The maximum atomic E-state index is 12.2. The van der Waals surface area contributed by atoms with Gasteiger partial charge in [-0.2, -0.15) is 0 Å². The monoisotopic (exact) mass is 290 g/mol. The van der Waals surface area contributed by atoms with Crippen molar-refractivity contribution in [3.05, 3.63) is 29.8 Å². The van der Waals surface area contributed by atoms with Crippen LogP contribution in [-0.2, 0) is 11.3 Å². The normalized spacial score (nSPS) is 26.9. The molecule has 3 heterocycles. The van der Waals surface area contributed by atoms with Crippen LogP contribution in [0.25, 0.3) is 0 Å². The maximum absolute atomic E-state index is 12.2. The molecule has 2 atom stereocenters. The molecule has 0 spiro atoms. The summed E-state index contributed by atoms with van der Waals surface area (Å²) in [6.45, 7) is 2.90. The van der Waals surface area contributed by atoms with E-state index in [1.165, 1.54) is 10.5 Å². The van der Waals surface area contributed by atoms with E-state index in [1.54, 1.807) is 11.8 Å². The Kier molecular flexibility index (Phi) is 4.03. The molecule has 0 aromatic heterocycles. The molecule has 4 heteroatoms. The molecule has 20 heavy (non-hydrogen) atoms. The summed E-state index contributed by atoms with van der Waals surface area (Å²) in [5.74, 6) is 0.561. The van der Waals surface area contributed by atoms with E-state index >= 15 is 0 Å². The van der Waals surface area contributed by atoms with Gasteiger partial charge >= 0.3 is 0 Å². The first kappa shape index (κ1) is 14.0. The molecule has 3 aliphatic heterocycles. The molecule has 3 nitrogen and oxygen atoms in total. The van der Waals surface area contributed by atoms with E-state index in [4.69, 9.17) is 0 Å². The lowest BCUT2D eigenvalue weighted by molar-refractivity contribution is -0.138. The number of rotatable bonds is 3. The van der Waals surface area contributed by atoms with Gasteiger partial charge in [-0.25, -0.2) is 0 Å². The Morgan fingerprint density at radius 2 is 1.95 bits per heavy atom. The van der Waals surface area contributed by atoms with Gasteiger partial charge in [-0.05, 0) is 36.8 Å². The summed E-state index contributed by atoms with van der Waals surface area (Å²) in [5, 5.41) is 0. The van der Waals surface area contributed by atoms with Crippen molar-refractivity contribution in [2.24, 2.45) is 5.92 Å². The molecule has 1 amide bonds. The van der Waals surface area contributed by atoms with Crippen LogP contribution in [0, 0.1) is 5.92 Å². The molecule has 0 radical (unpaired) electrons. The number of benzene rings is 1. The Labute approximate surface area is 125 Å². The predicted octanol–water partition coefficient (Wildman–Crippen LogP) is 2.46. The van der Waals surface area contributed by atoms with Gasteiger partial charge in [0.15, 0.2) is 0 Å². The minimum atomic E-state index is 0.212. The van der Waals surface area contributed by atoms with Crippen LogP contribution in [0.1, 0.15) is 18.4 Å². The second-order valence-electron chi connectivity index (χ2n) is 5.92. The van der Waals surface area contributed by atoms with Crippen LogP contribution in [0.4, 0.5) is 0 Å². The number of hydrogen-bond acceptors (Lipinski definition) is 3. The fourth-order valence-corrected chi connectivity index (χ4v) is 3.77. The Morgan fingerprint density at radius 3 is 2.65 bits per heavy atom. The third-order valence-corrected chi connectivity index (χ3v) is 5.35. The van der Waals surface area contributed by atoms with E-state index < -0.39 is 0 Å². The van der Waals surface area contributed by atoms with E-state index in [-0.39, 0.29) is 5.92 Å². The first-order valence-corrected chi connectivity index (χ1v) is 8.52. The number of amides is 1. The minimum Gasteiger partial charge on any atom is -0.341 e. The van der Waals surface area contributed by atoms with E-state index in [2.05, 4.69) is 35.4 Å². The number of hydrogen-bond donors (Lipinski definition) is 0. The molecule has 3 aliphatic rings. The second kappa shape index (κ2) is 5.78. The van der Waals surface area contributed by atoms with E-state index in [0.717, 1.165) is 32.5 Å². The molecule has 4 rings (SSSR count). The molecule has 1 aromatic rings. The summed E-state index contributed by atoms with van der Waals surface area (Å²) in [7, 11) is 1.97. The maximum Gasteiger partial charge on any atom is 0.227 e. The molecule has 0 N–H and O–H groups in total. The molecule has 3 fully saturated rings. The van der Waals surface area contributed by atoms with Crippen molar-refractivity contribution in [3.8, 4) is 0 Å². The van der Waals surface area contributed by atoms with Crippen LogP contribution in [0.3, 0.4) is 0 Å². The van der Waals surface area contributed by atoms with Crippen LogP contribution in [0.2, 0.25) is 0 Å². The Hall–Kier alpha value is -1.00. The molecule has 0 aliphatic carbocycles. The first-order valence-electron chi connectivity index (χ1n) is 7.29. The van der Waals surface area contributed by atoms with Gasteiger partial charge in [0, 0.05) is 37.6 Å². The van der Waals surface area contributed by atoms with Crippen LogP contribution in [0.15, 0.2) is 29.2 Å². The molecule has 0 unspecified atom stereocenters. The van der Waals surface area contributed by atoms with Gasteiger partial charge in [-0.15, -0.1) is 11.8 Å². The van der Waals surface area contributed by atoms with Gasteiger partial charge in [-0.3, -0.25) is 9.69 Å². The summed E-state index contributed by atoms with van der Waals surface area (Å²) in [5.41, 5.74) is 1.35. The van der Waals surface area contributed by atoms with Crippen LogP contribution in [-0.4, -0.2) is 48.1 Å². The predicted molar refractivity (Wildman–Crippen MR) is 82.8 cm³/mol. The zero-order chi connectivity index (χ0) is 14.1. The summed E-state index contributed by atoms with van der Waals surface area (Å²) in [6, 6.07) is 9.20. The van der Waals surface area contributed by atoms with Crippen molar-refractivity contribution in [3.63, 3.8) is 0 Å². The molecule has 2 bridgehead atoms. The van der Waals surface area contributed by atoms with Crippen LogP contribution < -0.4 is 0 Å². The van der Waals surface area contributed by atoms with Gasteiger partial charge in [0.25, 0.3) is 0 Å². The molecule has 108 valence electrons. The average Bonchev–Trinajstić information content (AvgIpc) is 2.73. The highest BCUT2D eigenvalue weighted by Crippen LogP contribution is 2.28. The number of carbonyl (C=O) groups excluding carboxylic acids is 1. The Morgan fingerprint density at radius 1 is 1.20 bits per heavy atom. The van der Waals surface area contributed by atoms with Crippen molar-refractivity contribution in [2.75, 3.05) is 26.4 Å². The Bertz CT molecular complexity index is 488. The number of nitrogens with zero attached hydrogens (tertiary/aromatic N) is 2. The third-order valence-electron chi connectivity index (χ3n) is 4.61. The third kappa shape index (κ3) is 2.72. The van der Waals surface area contributed by atoms with Crippen molar-refractivity contribution in [1.29, 1.82) is 0 Å². The van der Waals surface area contributed by atoms with Crippen molar-refractivity contribution in [1.82, 2.24) is 9.80 Å². The van der Waals surface area contributed by atoms with Gasteiger partial charge in [0.05, 0.1) is 5.92 Å². The van der Waals surface area contributed by atoms with Crippen molar-refractivity contribution < 1.29 is 4.79 Å². The Balaban J connectivity index is 1.70. The van der Waals surface area contributed by atoms with Gasteiger partial charge in [0.1, 0.15) is 0 Å². The lowest BCUT2D eigenvalue weighted by Crippen LogP contribution is -2.45. The van der Waals surface area contributed by atoms with Crippen molar-refractivity contribution in [2.45, 2.75) is 30.3 Å². The number of likely N-dealkylation sites (N-methyl/N-ethyl adjacent to an activating group) is 1. The SMILES string of the molecule is CSc1ccc(CN2C[C@@H]3CC[C@H](C2)N(C)C3=O)cc1. The molecule has 1 aromatic carbocycles. The fourth-order valence-electron chi connectivity index (χ4n) is 3.36. The quantitative estimate of drug-likeness (QED) is 0.799. The van der Waals surface area contributed by atoms with E-state index in [1.807, 2.05) is 11.9 Å². The topological polar surface area (TPSA) is 23.6 Å². The molecule has 0 saturated carbocycles. The van der Waals surface area contributed by atoms with Gasteiger partial charge in [-0.1, -0.05) is 12.1 Å². The second-order valence-corrected chi connectivity index (χ2v) is 6.80. The highest BCUT2D eigenvalue weighted by molar-refractivity contribution is 7.98. The smallest absolute Gasteiger partial charge is 0.227 e. The lowest BCUT2D eigenvalue weighted by atomic mass is 9.95. The number of carbonyl (C=O) groups is 1. The molecular weight excluding hydrogens is 268 g/mol. The highest BCUT2D eigenvalue weighted by atomic mass is 32.2. The zero-order valence-corrected chi connectivity index (χ0v) is 13.0. The zero-order valence-electron chi connectivity index (χ0n) is 12.2. The van der Waals surface area contributed by atoms with E-state index in [9.17, 15) is 4.79 Å². The van der Waals surface area contributed by atoms with Crippen molar-refractivity contribution >= 4 is 17.7 Å². The molecule has 3 saturated heterocycles. The van der Waals surface area contributed by atoms with Gasteiger partial charge in [0.2, 0.25) is 5.91 Å². The number of piperidine rings is 1. The largest absolute Gasteiger partial charge is 0.341 e. The van der Waals surface area contributed by atoms with Crippen LogP contribution >= 0.6 is 11.8 Å². The lowest BCUT2D eigenvalue weighted by Gasteiger charge is -2.32.